The van der Waals surface area contributed by atoms with E-state index in [0.29, 0.717) is 17.4 Å². The van der Waals surface area contributed by atoms with Crippen LogP contribution in [0.2, 0.25) is 0 Å². The summed E-state index contributed by atoms with van der Waals surface area (Å²) in [5.41, 5.74) is 2.15. The number of allylic oxidation sites excluding steroid dienone is 1. The molecule has 0 aliphatic heterocycles. The Balaban J connectivity index is 1.45. The van der Waals surface area contributed by atoms with Gasteiger partial charge in [-0.25, -0.2) is 8.78 Å². The molecule has 0 unspecified atom stereocenters. The second-order valence-electron chi connectivity index (χ2n) is 9.02. The Hall–Kier alpha value is -3.75. The first kappa shape index (κ1) is 27.3. The van der Waals surface area contributed by atoms with Gasteiger partial charge in [0.05, 0.1) is 5.56 Å². The van der Waals surface area contributed by atoms with Crippen molar-refractivity contribution in [3.05, 3.63) is 108 Å². The molecule has 0 saturated heterocycles. The summed E-state index contributed by atoms with van der Waals surface area (Å²) in [7, 11) is 0. The van der Waals surface area contributed by atoms with Crippen LogP contribution in [0.3, 0.4) is 0 Å². The Morgan fingerprint density at radius 1 is 0.816 bits per heavy atom. The molecule has 3 aromatic rings. The summed E-state index contributed by atoms with van der Waals surface area (Å²) in [5.74, 6) is -4.85. The van der Waals surface area contributed by atoms with Crippen molar-refractivity contribution in [1.29, 1.82) is 0 Å². The molecule has 0 N–H and O–H groups in total. The van der Waals surface area contributed by atoms with Crippen molar-refractivity contribution in [3.63, 3.8) is 0 Å². The number of hydrogen-bond acceptors (Lipinski definition) is 2. The van der Waals surface area contributed by atoms with Gasteiger partial charge in [-0.3, -0.25) is 0 Å². The van der Waals surface area contributed by atoms with Crippen molar-refractivity contribution in [3.8, 4) is 22.6 Å². The highest BCUT2D eigenvalue weighted by Gasteiger charge is 2.35. The monoisotopic (exact) mass is 536 g/mol. The molecule has 1 saturated carbocycles. The minimum Gasteiger partial charge on any atom is -0.429 e. The maximum Gasteiger partial charge on any atom is 0.426 e. The van der Waals surface area contributed by atoms with Gasteiger partial charge in [0.1, 0.15) is 5.75 Å². The van der Waals surface area contributed by atoms with Crippen LogP contribution in [-0.2, 0) is 6.11 Å². The molecule has 1 aliphatic rings. The molecule has 0 radical (unpaired) electrons. The topological polar surface area (TPSA) is 18.5 Å². The number of alkyl halides is 2. The molecule has 0 amide bonds. The highest BCUT2D eigenvalue weighted by Crippen LogP contribution is 2.38. The van der Waals surface area contributed by atoms with Crippen molar-refractivity contribution in [1.82, 2.24) is 0 Å². The summed E-state index contributed by atoms with van der Waals surface area (Å²) in [4.78, 5) is 0. The van der Waals surface area contributed by atoms with Crippen LogP contribution in [0, 0.1) is 17.6 Å². The van der Waals surface area contributed by atoms with Crippen molar-refractivity contribution >= 4 is 0 Å². The lowest BCUT2D eigenvalue weighted by Gasteiger charge is -2.27. The van der Waals surface area contributed by atoms with E-state index < -0.39 is 46.9 Å². The molecule has 1 aliphatic carbocycles. The zero-order chi connectivity index (χ0) is 27.4. The fraction of sp³-hybridized carbons (Fsp3) is 0.241. The van der Waals surface area contributed by atoms with E-state index in [1.165, 1.54) is 17.7 Å². The van der Waals surface area contributed by atoms with E-state index in [9.17, 15) is 30.7 Å². The lowest BCUT2D eigenvalue weighted by atomic mass is 9.78. The van der Waals surface area contributed by atoms with Gasteiger partial charge >= 0.3 is 18.2 Å². The average molecular weight is 536 g/mol. The van der Waals surface area contributed by atoms with Gasteiger partial charge in [0, 0.05) is 12.1 Å². The zero-order valence-electron chi connectivity index (χ0n) is 20.0. The van der Waals surface area contributed by atoms with Gasteiger partial charge in [-0.2, -0.15) is 22.0 Å². The SMILES string of the molecule is C=CC1CCC(c2ccc(-c3ccc(C(F)(F)Oc4cc(F)c(OC(F)=C(F)F)c(F)c4)cc3)cc2)CC1. The number of hydrogen-bond donors (Lipinski definition) is 0. The third-order valence-corrected chi connectivity index (χ3v) is 6.60. The van der Waals surface area contributed by atoms with Gasteiger partial charge in [-0.05, 0) is 66.3 Å². The quantitative estimate of drug-likeness (QED) is 0.162. The normalized spacial score (nSPS) is 17.6. The molecule has 0 atom stereocenters. The maximum absolute atomic E-state index is 14.7. The van der Waals surface area contributed by atoms with Crippen LogP contribution in [0.15, 0.2) is 85.4 Å². The highest BCUT2D eigenvalue weighted by molar-refractivity contribution is 5.64. The molecule has 9 heteroatoms. The molecule has 0 spiro atoms. The molecular formula is C29H23F7O2. The highest BCUT2D eigenvalue weighted by atomic mass is 19.3. The van der Waals surface area contributed by atoms with E-state index >= 15 is 0 Å². The number of ether oxygens (including phenoxy) is 2. The molecule has 0 aromatic heterocycles. The van der Waals surface area contributed by atoms with E-state index in [0.717, 1.165) is 43.4 Å². The molecule has 0 bridgehead atoms. The van der Waals surface area contributed by atoms with Crippen LogP contribution < -0.4 is 9.47 Å². The summed E-state index contributed by atoms with van der Waals surface area (Å²) in [6.07, 6.45) is -0.523. The van der Waals surface area contributed by atoms with Crippen LogP contribution in [0.1, 0.15) is 42.7 Å². The molecule has 200 valence electrons. The largest absolute Gasteiger partial charge is 0.429 e. The van der Waals surface area contributed by atoms with Gasteiger partial charge in [-0.1, -0.05) is 42.5 Å². The Kier molecular flexibility index (Phi) is 8.14. The molecule has 4 rings (SSSR count). The molecular weight excluding hydrogens is 513 g/mol. The third-order valence-electron chi connectivity index (χ3n) is 6.60. The van der Waals surface area contributed by atoms with E-state index in [1.54, 1.807) is 0 Å². The predicted molar refractivity (Wildman–Crippen MR) is 129 cm³/mol. The van der Waals surface area contributed by atoms with E-state index in [-0.39, 0.29) is 12.1 Å². The Morgan fingerprint density at radius 3 is 1.84 bits per heavy atom. The average Bonchev–Trinajstić information content (AvgIpc) is 2.90. The lowest BCUT2D eigenvalue weighted by Crippen LogP contribution is -2.22. The third kappa shape index (κ3) is 6.20. The fourth-order valence-electron chi connectivity index (χ4n) is 4.52. The number of benzene rings is 3. The number of rotatable bonds is 8. The Bertz CT molecular complexity index is 1280. The fourth-order valence-corrected chi connectivity index (χ4v) is 4.52. The minimum atomic E-state index is -4.00. The zero-order valence-corrected chi connectivity index (χ0v) is 20.0. The molecule has 3 aromatic carbocycles. The van der Waals surface area contributed by atoms with Gasteiger partial charge in [-0.15, -0.1) is 6.58 Å². The van der Waals surface area contributed by atoms with Crippen molar-refractivity contribution in [2.24, 2.45) is 5.92 Å². The molecule has 38 heavy (non-hydrogen) atoms. The Labute approximate surface area is 215 Å². The molecule has 0 heterocycles. The van der Waals surface area contributed by atoms with Gasteiger partial charge < -0.3 is 9.47 Å². The van der Waals surface area contributed by atoms with Crippen LogP contribution in [-0.4, -0.2) is 0 Å². The van der Waals surface area contributed by atoms with Gasteiger partial charge in [0.25, 0.3) is 0 Å². The van der Waals surface area contributed by atoms with E-state index in [1.807, 2.05) is 30.3 Å². The maximum atomic E-state index is 14.7. The summed E-state index contributed by atoms with van der Waals surface area (Å²) in [6, 6.07) is 11.1. The van der Waals surface area contributed by atoms with Gasteiger partial charge in [0.2, 0.25) is 5.75 Å². The van der Waals surface area contributed by atoms with E-state index in [4.69, 9.17) is 0 Å². The summed E-state index contributed by atoms with van der Waals surface area (Å²) < 4.78 is 103. The van der Waals surface area contributed by atoms with Crippen LogP contribution in [0.4, 0.5) is 30.7 Å². The number of halogens is 7. The second-order valence-corrected chi connectivity index (χ2v) is 9.02. The van der Waals surface area contributed by atoms with Crippen molar-refractivity contribution in [2.75, 3.05) is 0 Å². The van der Waals surface area contributed by atoms with Crippen LogP contribution >= 0.6 is 0 Å². The first-order valence-corrected chi connectivity index (χ1v) is 11.9. The summed E-state index contributed by atoms with van der Waals surface area (Å²) >= 11 is 0. The predicted octanol–water partition coefficient (Wildman–Crippen LogP) is 9.63. The standard InChI is InChI=1S/C29H23F7O2/c1-2-17-3-5-18(6-4-17)19-7-9-20(10-8-19)21-11-13-22(14-12-21)29(35,36)38-23-15-24(30)26(25(31)16-23)37-28(34)27(32)33/h2,7-18H,1,3-6H2. The lowest BCUT2D eigenvalue weighted by molar-refractivity contribution is -0.185. The first-order valence-electron chi connectivity index (χ1n) is 11.9. The Morgan fingerprint density at radius 2 is 1.34 bits per heavy atom. The van der Waals surface area contributed by atoms with E-state index in [2.05, 4.69) is 16.1 Å². The summed E-state index contributed by atoms with van der Waals surface area (Å²) in [6.45, 7) is 3.87. The first-order chi connectivity index (χ1) is 18.1. The molecule has 2 nitrogen and oxygen atoms in total. The smallest absolute Gasteiger partial charge is 0.426 e. The van der Waals surface area contributed by atoms with Crippen LogP contribution in [0.5, 0.6) is 11.5 Å². The molecule has 1 fully saturated rings. The van der Waals surface area contributed by atoms with Crippen LogP contribution in [0.25, 0.3) is 11.1 Å². The van der Waals surface area contributed by atoms with Crippen molar-refractivity contribution < 1.29 is 40.2 Å². The summed E-state index contributed by atoms with van der Waals surface area (Å²) in [5, 5.41) is 0. The van der Waals surface area contributed by atoms with Crippen molar-refractivity contribution in [2.45, 2.75) is 37.7 Å². The second kappa shape index (κ2) is 11.3. The van der Waals surface area contributed by atoms with Gasteiger partial charge in [0.15, 0.2) is 11.6 Å². The minimum absolute atomic E-state index is 0.273.